The molecule has 1 fully saturated rings. The molecule has 0 spiro atoms. The van der Waals surface area contributed by atoms with Crippen molar-refractivity contribution in [1.82, 2.24) is 4.90 Å². The normalized spacial score (nSPS) is 15.1. The molecule has 2 atom stereocenters. The van der Waals surface area contributed by atoms with Gasteiger partial charge in [0.1, 0.15) is 5.82 Å². The van der Waals surface area contributed by atoms with E-state index in [0.29, 0.717) is 13.2 Å². The number of rotatable bonds is 9. The molecule has 0 bridgehead atoms. The summed E-state index contributed by atoms with van der Waals surface area (Å²) in [6.07, 6.45) is 2.65. The van der Waals surface area contributed by atoms with Crippen molar-refractivity contribution < 1.29 is 24.1 Å². The number of aliphatic hydroxyl groups is 1. The molecule has 0 saturated carbocycles. The molecule has 3 aromatic carbocycles. The molecule has 1 aliphatic heterocycles. The van der Waals surface area contributed by atoms with Crippen molar-refractivity contribution in [3.8, 4) is 11.1 Å². The summed E-state index contributed by atoms with van der Waals surface area (Å²) >= 11 is 0. The van der Waals surface area contributed by atoms with E-state index in [4.69, 9.17) is 9.84 Å². The summed E-state index contributed by atoms with van der Waals surface area (Å²) in [6, 6.07) is 20.2. The molecule has 0 amide bonds. The standard InChI is InChI=1S/C22H27NO4.C9H11F/c1-16(27-15-19(24)14-23-12-4-5-13-23)20-6-2-3-7-21(20)17-8-10-18(11-9-17)22(25)26;1-3-8-5-4-7(2)9(10)6-8/h2-3,6-11,16,19,24H,4-5,12-15H2,1H3,(H,25,26);4-6H,3H2,1-2H3. The van der Waals surface area contributed by atoms with E-state index >= 15 is 0 Å². The molecule has 1 saturated heterocycles. The number of halogens is 1. The number of benzene rings is 3. The number of β-amino-alcohol motifs (C(OH)–C–C–N with tert-alkyl or cyclic N) is 1. The maximum atomic E-state index is 12.8. The number of likely N-dealkylation sites (tertiary alicyclic amines) is 1. The molecular weight excluding hydrogens is 469 g/mol. The Labute approximate surface area is 219 Å². The molecule has 0 aliphatic carbocycles. The van der Waals surface area contributed by atoms with Gasteiger partial charge in [-0.05, 0) is 92.2 Å². The average molecular weight is 508 g/mol. The fraction of sp³-hybridized carbons (Fsp3) is 0.387. The monoisotopic (exact) mass is 507 g/mol. The smallest absolute Gasteiger partial charge is 0.335 e. The second-order valence-electron chi connectivity index (χ2n) is 9.54. The zero-order chi connectivity index (χ0) is 26.8. The Hall–Kier alpha value is -3.06. The third-order valence-electron chi connectivity index (χ3n) is 6.69. The number of hydrogen-bond donors (Lipinski definition) is 2. The number of aliphatic hydroxyl groups excluding tert-OH is 1. The fourth-order valence-corrected chi connectivity index (χ4v) is 4.42. The summed E-state index contributed by atoms with van der Waals surface area (Å²) in [5.74, 6) is -1.03. The maximum absolute atomic E-state index is 12.8. The third-order valence-corrected chi connectivity index (χ3v) is 6.69. The van der Waals surface area contributed by atoms with Gasteiger partial charge in [0.2, 0.25) is 0 Å². The van der Waals surface area contributed by atoms with Crippen LogP contribution in [0.3, 0.4) is 0 Å². The molecule has 4 rings (SSSR count). The van der Waals surface area contributed by atoms with Crippen molar-refractivity contribution >= 4 is 5.97 Å². The third kappa shape index (κ3) is 8.49. The second kappa shape index (κ2) is 14.0. The zero-order valence-electron chi connectivity index (χ0n) is 22.0. The van der Waals surface area contributed by atoms with Gasteiger partial charge in [-0.2, -0.15) is 0 Å². The molecule has 198 valence electrons. The van der Waals surface area contributed by atoms with Crippen molar-refractivity contribution in [2.75, 3.05) is 26.2 Å². The minimum atomic E-state index is -0.932. The SMILES string of the molecule is CC(OCC(O)CN1CCCC1)c1ccccc1-c1ccc(C(=O)O)cc1.CCc1ccc(C)c(F)c1. The highest BCUT2D eigenvalue weighted by molar-refractivity contribution is 5.88. The molecule has 5 nitrogen and oxygen atoms in total. The maximum Gasteiger partial charge on any atom is 0.335 e. The number of nitrogens with zero attached hydrogens (tertiary/aromatic N) is 1. The number of hydrogen-bond acceptors (Lipinski definition) is 4. The van der Waals surface area contributed by atoms with E-state index in [0.717, 1.165) is 47.3 Å². The summed E-state index contributed by atoms with van der Waals surface area (Å²) in [5, 5.41) is 19.3. The molecule has 6 heteroatoms. The van der Waals surface area contributed by atoms with Crippen LogP contribution in [0.1, 0.15) is 59.8 Å². The predicted octanol–water partition coefficient (Wildman–Crippen LogP) is 6.28. The van der Waals surface area contributed by atoms with Gasteiger partial charge in [0, 0.05) is 6.54 Å². The van der Waals surface area contributed by atoms with Crippen LogP contribution in [0.2, 0.25) is 0 Å². The first kappa shape index (κ1) is 28.5. The highest BCUT2D eigenvalue weighted by Crippen LogP contribution is 2.30. The Kier molecular flexibility index (Phi) is 10.8. The van der Waals surface area contributed by atoms with E-state index in [1.54, 1.807) is 25.1 Å². The lowest BCUT2D eigenvalue weighted by Crippen LogP contribution is -2.33. The summed E-state index contributed by atoms with van der Waals surface area (Å²) in [6.45, 7) is 8.84. The number of aryl methyl sites for hydroxylation is 2. The summed E-state index contributed by atoms with van der Waals surface area (Å²) in [5.41, 5.74) is 5.03. The molecule has 2 unspecified atom stereocenters. The fourth-order valence-electron chi connectivity index (χ4n) is 4.42. The van der Waals surface area contributed by atoms with Gasteiger partial charge < -0.3 is 19.8 Å². The Balaban J connectivity index is 0.000000319. The van der Waals surface area contributed by atoms with E-state index < -0.39 is 12.1 Å². The van der Waals surface area contributed by atoms with Gasteiger partial charge in [-0.15, -0.1) is 0 Å². The second-order valence-corrected chi connectivity index (χ2v) is 9.54. The molecule has 2 N–H and O–H groups in total. The Bertz CT molecular complexity index is 1140. The lowest BCUT2D eigenvalue weighted by atomic mass is 9.96. The van der Waals surface area contributed by atoms with Gasteiger partial charge in [0.25, 0.3) is 0 Å². The molecule has 1 aliphatic rings. The number of carbonyl (C=O) groups is 1. The quantitative estimate of drug-likeness (QED) is 0.357. The Morgan fingerprint density at radius 1 is 1.05 bits per heavy atom. The average Bonchev–Trinajstić information content (AvgIpc) is 3.42. The van der Waals surface area contributed by atoms with Crippen LogP contribution in [-0.4, -0.2) is 53.4 Å². The number of carboxylic acids is 1. The van der Waals surface area contributed by atoms with Crippen molar-refractivity contribution in [2.45, 2.75) is 52.2 Å². The number of ether oxygens (including phenoxy) is 1. The topological polar surface area (TPSA) is 70.0 Å². The van der Waals surface area contributed by atoms with E-state index in [1.165, 1.54) is 12.8 Å². The largest absolute Gasteiger partial charge is 0.478 e. The summed E-state index contributed by atoms with van der Waals surface area (Å²) < 4.78 is 18.7. The van der Waals surface area contributed by atoms with Crippen molar-refractivity contribution in [3.63, 3.8) is 0 Å². The molecule has 0 radical (unpaired) electrons. The first-order valence-electron chi connectivity index (χ1n) is 13.0. The van der Waals surface area contributed by atoms with Crippen LogP contribution in [0.25, 0.3) is 11.1 Å². The molecule has 0 aromatic heterocycles. The van der Waals surface area contributed by atoms with Crippen molar-refractivity contribution in [1.29, 1.82) is 0 Å². The van der Waals surface area contributed by atoms with Gasteiger partial charge in [-0.25, -0.2) is 9.18 Å². The molecule has 1 heterocycles. The van der Waals surface area contributed by atoms with Crippen LogP contribution < -0.4 is 0 Å². The highest BCUT2D eigenvalue weighted by Gasteiger charge is 2.18. The van der Waals surface area contributed by atoms with Gasteiger partial charge in [-0.1, -0.05) is 55.5 Å². The van der Waals surface area contributed by atoms with E-state index in [-0.39, 0.29) is 17.5 Å². The lowest BCUT2D eigenvalue weighted by molar-refractivity contribution is -0.0131. The minimum Gasteiger partial charge on any atom is -0.478 e. The first-order valence-corrected chi connectivity index (χ1v) is 13.0. The molecule has 37 heavy (non-hydrogen) atoms. The van der Waals surface area contributed by atoms with Crippen LogP contribution in [0.5, 0.6) is 0 Å². The zero-order valence-corrected chi connectivity index (χ0v) is 22.0. The van der Waals surface area contributed by atoms with E-state index in [9.17, 15) is 14.3 Å². The van der Waals surface area contributed by atoms with Crippen LogP contribution in [-0.2, 0) is 11.2 Å². The van der Waals surface area contributed by atoms with Gasteiger partial charge in [-0.3, -0.25) is 0 Å². The summed E-state index contributed by atoms with van der Waals surface area (Å²) in [7, 11) is 0. The molecular formula is C31H38FNO4. The Morgan fingerprint density at radius 3 is 2.35 bits per heavy atom. The van der Waals surface area contributed by atoms with Gasteiger partial charge >= 0.3 is 5.97 Å². The van der Waals surface area contributed by atoms with E-state index in [2.05, 4.69) is 4.90 Å². The van der Waals surface area contributed by atoms with E-state index in [1.807, 2.05) is 62.4 Å². The van der Waals surface area contributed by atoms with Crippen molar-refractivity contribution in [3.05, 3.63) is 94.8 Å². The minimum absolute atomic E-state index is 0.0978. The van der Waals surface area contributed by atoms with Crippen LogP contribution in [0, 0.1) is 12.7 Å². The lowest BCUT2D eigenvalue weighted by Gasteiger charge is -2.22. The number of aromatic carboxylic acids is 1. The highest BCUT2D eigenvalue weighted by atomic mass is 19.1. The molecule has 3 aromatic rings. The summed E-state index contributed by atoms with van der Waals surface area (Å²) in [4.78, 5) is 13.3. The Morgan fingerprint density at radius 2 is 1.73 bits per heavy atom. The van der Waals surface area contributed by atoms with Crippen LogP contribution >= 0.6 is 0 Å². The predicted molar refractivity (Wildman–Crippen MR) is 145 cm³/mol. The number of carboxylic acid groups (broad SMARTS) is 1. The van der Waals surface area contributed by atoms with Crippen LogP contribution in [0.15, 0.2) is 66.7 Å². The van der Waals surface area contributed by atoms with Crippen LogP contribution in [0.4, 0.5) is 4.39 Å². The van der Waals surface area contributed by atoms with Crippen molar-refractivity contribution in [2.24, 2.45) is 0 Å². The first-order chi connectivity index (χ1) is 17.8. The van der Waals surface area contributed by atoms with Gasteiger partial charge in [0.15, 0.2) is 0 Å². The van der Waals surface area contributed by atoms with Gasteiger partial charge in [0.05, 0.1) is 24.4 Å².